The molecule has 0 radical (unpaired) electrons. The molecular weight excluding hydrogens is 335 g/mol. The molecule has 0 saturated carbocycles. The van der Waals surface area contributed by atoms with Gasteiger partial charge in [0, 0.05) is 37.0 Å². The molecule has 0 saturated heterocycles. The van der Waals surface area contributed by atoms with Gasteiger partial charge in [0.1, 0.15) is 5.82 Å². The number of hydrogen-bond acceptors (Lipinski definition) is 4. The Labute approximate surface area is 133 Å². The van der Waals surface area contributed by atoms with E-state index in [1.807, 2.05) is 0 Å². The first-order chi connectivity index (χ1) is 10.8. The van der Waals surface area contributed by atoms with Crippen LogP contribution >= 0.6 is 11.6 Å². The van der Waals surface area contributed by atoms with E-state index in [2.05, 4.69) is 15.2 Å². The van der Waals surface area contributed by atoms with Crippen LogP contribution in [0.3, 0.4) is 0 Å². The Morgan fingerprint density at radius 1 is 1.43 bits per heavy atom. The van der Waals surface area contributed by atoms with Gasteiger partial charge < -0.3 is 10.6 Å². The molecule has 6 nitrogen and oxygen atoms in total. The zero-order valence-electron chi connectivity index (χ0n) is 11.6. The number of primary amides is 1. The second kappa shape index (κ2) is 5.41. The summed E-state index contributed by atoms with van der Waals surface area (Å²) >= 11 is 6.08. The van der Waals surface area contributed by atoms with Gasteiger partial charge in [-0.15, -0.1) is 0 Å². The highest BCUT2D eigenvalue weighted by Crippen LogP contribution is 2.36. The van der Waals surface area contributed by atoms with Gasteiger partial charge in [-0.2, -0.15) is 18.3 Å². The first-order valence-corrected chi connectivity index (χ1v) is 6.98. The number of nitrogens with one attached hydrogen (secondary N) is 1. The van der Waals surface area contributed by atoms with E-state index in [9.17, 15) is 18.0 Å². The molecule has 3 heterocycles. The molecule has 3 N–H and O–H groups in total. The summed E-state index contributed by atoms with van der Waals surface area (Å²) in [6.45, 7) is 0.401. The van der Waals surface area contributed by atoms with Crippen LogP contribution in [0.15, 0.2) is 12.3 Å². The standard InChI is InChI=1S/C13H11ClF3N5O/c14-8-3-6(11(18)23)4-19-12(8)22-2-1-9-7(5-22)10(21-20-9)13(15,16)17/h3-4H,1-2,5H2,(H2,18,23)(H,20,21). The van der Waals surface area contributed by atoms with Crippen LogP contribution in [0.5, 0.6) is 0 Å². The van der Waals surface area contributed by atoms with E-state index in [0.29, 0.717) is 24.5 Å². The summed E-state index contributed by atoms with van der Waals surface area (Å²) in [5.74, 6) is -0.377. The number of anilines is 1. The Bertz CT molecular complexity index is 773. The first-order valence-electron chi connectivity index (χ1n) is 6.61. The van der Waals surface area contributed by atoms with Crippen molar-refractivity contribution in [2.75, 3.05) is 11.4 Å². The van der Waals surface area contributed by atoms with E-state index in [1.165, 1.54) is 12.3 Å². The number of rotatable bonds is 2. The number of nitrogens with zero attached hydrogens (tertiary/aromatic N) is 3. The number of alkyl halides is 3. The van der Waals surface area contributed by atoms with Crippen molar-refractivity contribution in [3.05, 3.63) is 39.8 Å². The molecule has 0 fully saturated rings. The molecule has 3 rings (SSSR count). The van der Waals surface area contributed by atoms with Gasteiger partial charge in [0.2, 0.25) is 5.91 Å². The number of H-pyrrole nitrogens is 1. The molecule has 0 atom stereocenters. The smallest absolute Gasteiger partial charge is 0.366 e. The number of amides is 1. The highest BCUT2D eigenvalue weighted by Gasteiger charge is 2.39. The number of nitrogens with two attached hydrogens (primary N) is 1. The average Bonchev–Trinajstić information content (AvgIpc) is 2.89. The molecule has 1 amide bonds. The lowest BCUT2D eigenvalue weighted by atomic mass is 10.0. The fourth-order valence-electron chi connectivity index (χ4n) is 2.51. The molecule has 23 heavy (non-hydrogen) atoms. The maximum Gasteiger partial charge on any atom is 0.435 e. The van der Waals surface area contributed by atoms with Crippen LogP contribution in [-0.2, 0) is 19.1 Å². The summed E-state index contributed by atoms with van der Waals surface area (Å²) in [6, 6.07) is 1.35. The monoisotopic (exact) mass is 345 g/mol. The maximum absolute atomic E-state index is 13.0. The number of aromatic nitrogens is 3. The second-order valence-electron chi connectivity index (χ2n) is 5.09. The van der Waals surface area contributed by atoms with Gasteiger partial charge in [0.05, 0.1) is 10.6 Å². The van der Waals surface area contributed by atoms with Gasteiger partial charge in [-0.3, -0.25) is 9.89 Å². The van der Waals surface area contributed by atoms with Crippen LogP contribution in [0.25, 0.3) is 0 Å². The maximum atomic E-state index is 13.0. The summed E-state index contributed by atoms with van der Waals surface area (Å²) in [5.41, 5.74) is 4.89. The normalized spacial score (nSPS) is 14.7. The Morgan fingerprint density at radius 2 is 2.17 bits per heavy atom. The van der Waals surface area contributed by atoms with Gasteiger partial charge in [0.15, 0.2) is 5.69 Å². The molecule has 0 aromatic carbocycles. The van der Waals surface area contributed by atoms with Gasteiger partial charge in [0.25, 0.3) is 0 Å². The molecular formula is C13H11ClF3N5O. The fourth-order valence-corrected chi connectivity index (χ4v) is 2.79. The largest absolute Gasteiger partial charge is 0.435 e. The molecule has 0 aliphatic carbocycles. The van der Waals surface area contributed by atoms with Crippen molar-refractivity contribution in [3.8, 4) is 0 Å². The number of aromatic amines is 1. The van der Waals surface area contributed by atoms with Gasteiger partial charge in [-0.25, -0.2) is 4.98 Å². The highest BCUT2D eigenvalue weighted by atomic mass is 35.5. The van der Waals surface area contributed by atoms with Crippen molar-refractivity contribution >= 4 is 23.3 Å². The molecule has 0 unspecified atom stereocenters. The van der Waals surface area contributed by atoms with E-state index < -0.39 is 17.8 Å². The Morgan fingerprint density at radius 3 is 2.78 bits per heavy atom. The van der Waals surface area contributed by atoms with Gasteiger partial charge >= 0.3 is 6.18 Å². The molecule has 1 aliphatic rings. The lowest BCUT2D eigenvalue weighted by Gasteiger charge is -2.29. The topological polar surface area (TPSA) is 87.9 Å². The Kier molecular flexibility index (Phi) is 3.67. The number of carbonyl (C=O) groups excluding carboxylic acids is 1. The third-order valence-electron chi connectivity index (χ3n) is 3.61. The van der Waals surface area contributed by atoms with E-state index >= 15 is 0 Å². The van der Waals surface area contributed by atoms with Crippen molar-refractivity contribution in [2.45, 2.75) is 19.1 Å². The number of carbonyl (C=O) groups is 1. The minimum absolute atomic E-state index is 0.0245. The van der Waals surface area contributed by atoms with Crippen molar-refractivity contribution in [1.29, 1.82) is 0 Å². The lowest BCUT2D eigenvalue weighted by Crippen LogP contribution is -2.32. The average molecular weight is 346 g/mol. The summed E-state index contributed by atoms with van der Waals surface area (Å²) in [6.07, 6.45) is -2.92. The first kappa shape index (κ1) is 15.6. The van der Waals surface area contributed by atoms with Crippen LogP contribution in [0.4, 0.5) is 19.0 Å². The third kappa shape index (κ3) is 2.83. The van der Waals surface area contributed by atoms with Crippen molar-refractivity contribution < 1.29 is 18.0 Å². The fraction of sp³-hybridized carbons (Fsp3) is 0.308. The van der Waals surface area contributed by atoms with Crippen molar-refractivity contribution in [2.24, 2.45) is 5.73 Å². The Balaban J connectivity index is 1.93. The zero-order valence-corrected chi connectivity index (χ0v) is 12.4. The summed E-state index contributed by atoms with van der Waals surface area (Å²) < 4.78 is 38.9. The molecule has 1 aliphatic heterocycles. The van der Waals surface area contributed by atoms with Crippen LogP contribution in [0.2, 0.25) is 5.02 Å². The number of hydrogen-bond donors (Lipinski definition) is 2. The predicted octanol–water partition coefficient (Wildman–Crippen LogP) is 2.14. The van der Waals surface area contributed by atoms with Gasteiger partial charge in [-0.1, -0.05) is 11.6 Å². The van der Waals surface area contributed by atoms with Crippen molar-refractivity contribution in [3.63, 3.8) is 0 Å². The second-order valence-corrected chi connectivity index (χ2v) is 5.50. The SMILES string of the molecule is NC(=O)c1cnc(N2CCc3[nH]nc(C(F)(F)F)c3C2)c(Cl)c1. The number of pyridine rings is 1. The molecule has 2 aromatic rings. The minimum atomic E-state index is -4.53. The highest BCUT2D eigenvalue weighted by molar-refractivity contribution is 6.33. The minimum Gasteiger partial charge on any atom is -0.366 e. The van der Waals surface area contributed by atoms with E-state index in [0.717, 1.165) is 0 Å². The molecule has 122 valence electrons. The quantitative estimate of drug-likeness (QED) is 0.873. The van der Waals surface area contributed by atoms with Crippen molar-refractivity contribution in [1.82, 2.24) is 15.2 Å². The lowest BCUT2D eigenvalue weighted by molar-refractivity contribution is -0.141. The van der Waals surface area contributed by atoms with E-state index in [-0.39, 0.29) is 22.7 Å². The molecule has 10 heteroatoms. The van der Waals surface area contributed by atoms with E-state index in [4.69, 9.17) is 17.3 Å². The molecule has 0 spiro atoms. The summed E-state index contributed by atoms with van der Waals surface area (Å²) in [4.78, 5) is 16.8. The van der Waals surface area contributed by atoms with Crippen LogP contribution in [0.1, 0.15) is 27.3 Å². The molecule has 2 aromatic heterocycles. The van der Waals surface area contributed by atoms with Crippen LogP contribution in [0, 0.1) is 0 Å². The zero-order chi connectivity index (χ0) is 16.8. The third-order valence-corrected chi connectivity index (χ3v) is 3.89. The van der Waals surface area contributed by atoms with Crippen LogP contribution < -0.4 is 10.6 Å². The summed E-state index contributed by atoms with van der Waals surface area (Å²) in [5, 5.41) is 5.95. The summed E-state index contributed by atoms with van der Waals surface area (Å²) in [7, 11) is 0. The van der Waals surface area contributed by atoms with Gasteiger partial charge in [-0.05, 0) is 6.07 Å². The molecule has 0 bridgehead atoms. The Hall–Kier alpha value is -2.29. The number of halogens is 4. The predicted molar refractivity (Wildman–Crippen MR) is 76.1 cm³/mol. The van der Waals surface area contributed by atoms with Crippen LogP contribution in [-0.4, -0.2) is 27.6 Å². The number of fused-ring (bicyclic) bond motifs is 1. The van der Waals surface area contributed by atoms with E-state index in [1.54, 1.807) is 4.90 Å².